The zero-order valence-corrected chi connectivity index (χ0v) is 18.7. The number of hydrogen-bond donors (Lipinski definition) is 2. The highest BCUT2D eigenvalue weighted by atomic mass is 15.1. The molecule has 0 saturated carbocycles. The summed E-state index contributed by atoms with van der Waals surface area (Å²) in [5.74, 6) is 0.723. The highest BCUT2D eigenvalue weighted by Gasteiger charge is 2.13. The van der Waals surface area contributed by atoms with Gasteiger partial charge in [0.15, 0.2) is 11.5 Å². The molecule has 2 N–H and O–H groups in total. The van der Waals surface area contributed by atoms with E-state index in [-0.39, 0.29) is 0 Å². The van der Waals surface area contributed by atoms with Crippen LogP contribution >= 0.6 is 0 Å². The third-order valence-corrected chi connectivity index (χ3v) is 5.11. The summed E-state index contributed by atoms with van der Waals surface area (Å²) in [7, 11) is 0. The second-order valence-corrected chi connectivity index (χ2v) is 7.09. The molecule has 3 aromatic heterocycles. The molecule has 1 aromatic carbocycles. The maximum Gasteiger partial charge on any atom is 0.180 e. The first kappa shape index (κ1) is 21.3. The molecule has 0 spiro atoms. The lowest BCUT2D eigenvalue weighted by Gasteiger charge is -2.10. The van der Waals surface area contributed by atoms with E-state index in [1.807, 2.05) is 56.7 Å². The van der Waals surface area contributed by atoms with E-state index in [0.29, 0.717) is 0 Å². The first-order valence-electron chi connectivity index (χ1n) is 11.1. The van der Waals surface area contributed by atoms with Crippen molar-refractivity contribution in [2.24, 2.45) is 0 Å². The van der Waals surface area contributed by atoms with Crippen molar-refractivity contribution in [3.8, 4) is 0 Å². The van der Waals surface area contributed by atoms with Gasteiger partial charge in [0.2, 0.25) is 0 Å². The lowest BCUT2D eigenvalue weighted by atomic mass is 10.1. The number of anilines is 3. The molecule has 4 aromatic rings. The van der Waals surface area contributed by atoms with Crippen LogP contribution in [-0.4, -0.2) is 25.9 Å². The number of pyridine rings is 1. The van der Waals surface area contributed by atoms with Gasteiger partial charge in [0.1, 0.15) is 0 Å². The standard InChI is InChI=1S/C24H22N6.C2H6/c1-2-25-19-6-3-7-20(15-19)29-23-24-28-16-22(30(24)14-13-27-23)18-9-8-17-5-4-12-26-21(17)11-10-18;1-2/h3-10,12-16,25H,2,11H2,1H3,(H,27,29);1-2H3. The number of benzene rings is 1. The zero-order valence-electron chi connectivity index (χ0n) is 18.7. The molecule has 32 heavy (non-hydrogen) atoms. The summed E-state index contributed by atoms with van der Waals surface area (Å²) >= 11 is 0. The molecule has 0 aliphatic heterocycles. The van der Waals surface area contributed by atoms with Crippen molar-refractivity contribution < 1.29 is 0 Å². The van der Waals surface area contributed by atoms with Crippen LogP contribution in [0.2, 0.25) is 0 Å². The fraction of sp³-hybridized carbons (Fsp3) is 0.192. The Kier molecular flexibility index (Phi) is 6.60. The van der Waals surface area contributed by atoms with Crippen LogP contribution in [0.1, 0.15) is 37.7 Å². The summed E-state index contributed by atoms with van der Waals surface area (Å²) in [6.45, 7) is 6.96. The topological polar surface area (TPSA) is 67.1 Å². The highest BCUT2D eigenvalue weighted by Crippen LogP contribution is 2.27. The molecule has 1 aliphatic carbocycles. The lowest BCUT2D eigenvalue weighted by molar-refractivity contribution is 1.09. The third kappa shape index (κ3) is 4.39. The zero-order chi connectivity index (χ0) is 22.3. The molecule has 0 radical (unpaired) electrons. The Bertz CT molecular complexity index is 1270. The van der Waals surface area contributed by atoms with Crippen LogP contribution in [0.3, 0.4) is 0 Å². The Morgan fingerprint density at radius 2 is 1.84 bits per heavy atom. The van der Waals surface area contributed by atoms with Gasteiger partial charge in [-0.2, -0.15) is 0 Å². The van der Waals surface area contributed by atoms with Crippen molar-refractivity contribution in [2.45, 2.75) is 27.2 Å². The van der Waals surface area contributed by atoms with Gasteiger partial charge in [0.05, 0.1) is 17.6 Å². The Hall–Kier alpha value is -3.93. The largest absolute Gasteiger partial charge is 0.385 e. The average molecular weight is 425 g/mol. The second-order valence-electron chi connectivity index (χ2n) is 7.09. The fourth-order valence-electron chi connectivity index (χ4n) is 3.69. The quantitative estimate of drug-likeness (QED) is 0.413. The van der Waals surface area contributed by atoms with Crippen LogP contribution in [-0.2, 0) is 6.42 Å². The van der Waals surface area contributed by atoms with E-state index in [1.54, 1.807) is 6.20 Å². The Morgan fingerprint density at radius 1 is 0.969 bits per heavy atom. The monoisotopic (exact) mass is 424 g/mol. The Labute approximate surface area is 188 Å². The molecule has 3 heterocycles. The van der Waals surface area contributed by atoms with Gasteiger partial charge in [-0.25, -0.2) is 9.97 Å². The number of fused-ring (bicyclic) bond motifs is 2. The van der Waals surface area contributed by atoms with Crippen LogP contribution < -0.4 is 10.6 Å². The van der Waals surface area contributed by atoms with Gasteiger partial charge in [-0.3, -0.25) is 9.38 Å². The number of hydrogen-bond acceptors (Lipinski definition) is 5. The van der Waals surface area contributed by atoms with Crippen molar-refractivity contribution in [3.05, 3.63) is 90.3 Å². The molecule has 0 unspecified atom stereocenters. The van der Waals surface area contributed by atoms with Gasteiger partial charge in [-0.1, -0.05) is 44.2 Å². The minimum absolute atomic E-state index is 0.723. The van der Waals surface area contributed by atoms with E-state index in [1.165, 1.54) is 0 Å². The summed E-state index contributed by atoms with van der Waals surface area (Å²) in [6, 6.07) is 12.2. The molecule has 0 saturated heterocycles. The summed E-state index contributed by atoms with van der Waals surface area (Å²) in [5, 5.41) is 6.74. The third-order valence-electron chi connectivity index (χ3n) is 5.11. The van der Waals surface area contributed by atoms with Crippen LogP contribution in [0.4, 0.5) is 17.2 Å². The van der Waals surface area contributed by atoms with Gasteiger partial charge in [0, 0.05) is 42.9 Å². The maximum atomic E-state index is 4.66. The Morgan fingerprint density at radius 3 is 2.72 bits per heavy atom. The summed E-state index contributed by atoms with van der Waals surface area (Å²) in [6.07, 6.45) is 14.7. The van der Waals surface area contributed by atoms with E-state index in [2.05, 4.69) is 67.3 Å². The van der Waals surface area contributed by atoms with Crippen molar-refractivity contribution in [1.29, 1.82) is 0 Å². The maximum absolute atomic E-state index is 4.66. The summed E-state index contributed by atoms with van der Waals surface area (Å²) in [4.78, 5) is 13.7. The predicted molar refractivity (Wildman–Crippen MR) is 133 cm³/mol. The van der Waals surface area contributed by atoms with Crippen molar-refractivity contribution >= 4 is 34.5 Å². The Balaban J connectivity index is 0.00000119. The first-order valence-corrected chi connectivity index (χ1v) is 11.1. The van der Waals surface area contributed by atoms with Crippen LogP contribution in [0.5, 0.6) is 0 Å². The molecule has 6 heteroatoms. The summed E-state index contributed by atoms with van der Waals surface area (Å²) < 4.78 is 2.07. The number of aromatic nitrogens is 4. The number of nitrogens with one attached hydrogen (secondary N) is 2. The normalized spacial score (nSPS) is 12.3. The smallest absolute Gasteiger partial charge is 0.180 e. The molecule has 1 aliphatic rings. The van der Waals surface area contributed by atoms with Crippen LogP contribution in [0, 0.1) is 0 Å². The van der Waals surface area contributed by atoms with Gasteiger partial charge in [-0.15, -0.1) is 0 Å². The van der Waals surface area contributed by atoms with E-state index in [0.717, 1.165) is 58.3 Å². The van der Waals surface area contributed by atoms with E-state index in [9.17, 15) is 0 Å². The highest BCUT2D eigenvalue weighted by molar-refractivity contribution is 5.82. The minimum atomic E-state index is 0.723. The minimum Gasteiger partial charge on any atom is -0.385 e. The predicted octanol–water partition coefficient (Wildman–Crippen LogP) is 5.98. The summed E-state index contributed by atoms with van der Waals surface area (Å²) in [5.41, 5.74) is 7.21. The molecule has 162 valence electrons. The van der Waals surface area contributed by atoms with Crippen molar-refractivity contribution in [1.82, 2.24) is 19.4 Å². The fourth-order valence-corrected chi connectivity index (χ4v) is 3.69. The molecule has 0 bridgehead atoms. The molecule has 6 nitrogen and oxygen atoms in total. The van der Waals surface area contributed by atoms with Gasteiger partial charge >= 0.3 is 0 Å². The second kappa shape index (κ2) is 9.92. The van der Waals surface area contributed by atoms with Crippen molar-refractivity contribution in [2.75, 3.05) is 17.2 Å². The molecule has 0 amide bonds. The van der Waals surface area contributed by atoms with Gasteiger partial charge < -0.3 is 10.6 Å². The molecular weight excluding hydrogens is 396 g/mol. The molecule has 5 rings (SSSR count). The first-order chi connectivity index (χ1) is 15.8. The number of allylic oxidation sites excluding steroid dienone is 3. The van der Waals surface area contributed by atoms with Gasteiger partial charge in [0.25, 0.3) is 0 Å². The molecule has 0 atom stereocenters. The number of rotatable bonds is 5. The van der Waals surface area contributed by atoms with Crippen molar-refractivity contribution in [3.63, 3.8) is 0 Å². The SMILES string of the molecule is CC.CCNc1cccc(Nc2nccn3c(C4=CCc5ncccc5C=C4)cnc23)c1. The van der Waals surface area contributed by atoms with Crippen LogP contribution in [0.15, 0.2) is 73.3 Å². The number of nitrogens with zero attached hydrogens (tertiary/aromatic N) is 4. The van der Waals surface area contributed by atoms with E-state index < -0.39 is 0 Å². The number of imidazole rings is 1. The van der Waals surface area contributed by atoms with E-state index in [4.69, 9.17) is 0 Å². The van der Waals surface area contributed by atoms with E-state index >= 15 is 0 Å². The van der Waals surface area contributed by atoms with Gasteiger partial charge in [-0.05, 0) is 42.3 Å². The average Bonchev–Trinajstić information content (AvgIpc) is 3.15. The molecule has 0 fully saturated rings. The molecular formula is C26H28N6. The van der Waals surface area contributed by atoms with Crippen LogP contribution in [0.25, 0.3) is 17.3 Å². The lowest BCUT2D eigenvalue weighted by Crippen LogP contribution is -2.01.